The van der Waals surface area contributed by atoms with Crippen LogP contribution in [0.5, 0.6) is 0 Å². The molecular formula is C31H20IN3. The highest BCUT2D eigenvalue weighted by molar-refractivity contribution is 14.1. The normalized spacial score (nSPS) is 11.0. The molecule has 0 unspecified atom stereocenters. The van der Waals surface area contributed by atoms with Crippen molar-refractivity contribution >= 4 is 33.4 Å². The Labute approximate surface area is 217 Å². The minimum atomic E-state index is 0.728. The molecule has 4 aromatic carbocycles. The standard InChI is InChI=1S/C31H20IN3/c32-31-34-29(25-12-8-21(9-13-25)22-16-18-33-19-17-22)20-30(35-31)26-14-10-24(11-15-26)28-7-3-5-23-4-1-2-6-27(23)28/h1-20H. The zero-order valence-corrected chi connectivity index (χ0v) is 20.9. The van der Waals surface area contributed by atoms with Crippen molar-refractivity contribution in [3.05, 3.63) is 125 Å². The number of hydrogen-bond acceptors (Lipinski definition) is 3. The Bertz CT molecular complexity index is 1620. The molecule has 2 aromatic heterocycles. The lowest BCUT2D eigenvalue weighted by atomic mass is 9.97. The van der Waals surface area contributed by atoms with Gasteiger partial charge >= 0.3 is 0 Å². The summed E-state index contributed by atoms with van der Waals surface area (Å²) >= 11 is 2.20. The van der Waals surface area contributed by atoms with E-state index in [0.717, 1.165) is 37.5 Å². The maximum Gasteiger partial charge on any atom is 0.191 e. The van der Waals surface area contributed by atoms with Crippen LogP contribution in [-0.4, -0.2) is 15.0 Å². The fraction of sp³-hybridized carbons (Fsp3) is 0. The summed E-state index contributed by atoms with van der Waals surface area (Å²) in [6.45, 7) is 0. The number of hydrogen-bond donors (Lipinski definition) is 0. The lowest BCUT2D eigenvalue weighted by Crippen LogP contribution is -1.95. The van der Waals surface area contributed by atoms with E-state index < -0.39 is 0 Å². The van der Waals surface area contributed by atoms with Crippen LogP contribution in [0, 0.1) is 3.83 Å². The second-order valence-corrected chi connectivity index (χ2v) is 9.29. The number of nitrogens with zero attached hydrogens (tertiary/aromatic N) is 3. The zero-order chi connectivity index (χ0) is 23.6. The molecule has 6 aromatic rings. The second kappa shape index (κ2) is 9.39. The molecule has 35 heavy (non-hydrogen) atoms. The lowest BCUT2D eigenvalue weighted by Gasteiger charge is -2.10. The van der Waals surface area contributed by atoms with E-state index in [4.69, 9.17) is 9.97 Å². The van der Waals surface area contributed by atoms with Crippen LogP contribution < -0.4 is 0 Å². The van der Waals surface area contributed by atoms with Crippen LogP contribution >= 0.6 is 22.6 Å². The number of fused-ring (bicyclic) bond motifs is 1. The first kappa shape index (κ1) is 21.6. The predicted octanol–water partition coefficient (Wildman–Crippen LogP) is 8.30. The molecule has 0 aliphatic heterocycles. The Morgan fingerprint density at radius 1 is 0.486 bits per heavy atom. The highest BCUT2D eigenvalue weighted by Crippen LogP contribution is 2.31. The largest absolute Gasteiger partial charge is 0.265 e. The summed E-state index contributed by atoms with van der Waals surface area (Å²) in [6, 6.07) is 38.2. The van der Waals surface area contributed by atoms with Gasteiger partial charge in [0.05, 0.1) is 11.4 Å². The van der Waals surface area contributed by atoms with Crippen molar-refractivity contribution in [2.75, 3.05) is 0 Å². The van der Waals surface area contributed by atoms with Crippen molar-refractivity contribution in [1.29, 1.82) is 0 Å². The number of benzene rings is 4. The SMILES string of the molecule is Ic1nc(-c2ccc(-c3ccncc3)cc2)cc(-c2ccc(-c3cccc4ccccc34)cc2)n1. The summed E-state index contributed by atoms with van der Waals surface area (Å²) in [4.78, 5) is 13.5. The van der Waals surface area contributed by atoms with Crippen LogP contribution in [0.1, 0.15) is 0 Å². The summed E-state index contributed by atoms with van der Waals surface area (Å²) in [5.74, 6) is 0. The van der Waals surface area contributed by atoms with Gasteiger partial charge in [0.2, 0.25) is 0 Å². The van der Waals surface area contributed by atoms with E-state index in [1.807, 2.05) is 24.5 Å². The van der Waals surface area contributed by atoms with Gasteiger partial charge in [-0.15, -0.1) is 0 Å². The summed E-state index contributed by atoms with van der Waals surface area (Å²) < 4.78 is 0.728. The smallest absolute Gasteiger partial charge is 0.191 e. The van der Waals surface area contributed by atoms with Gasteiger partial charge in [0, 0.05) is 46.1 Å². The molecule has 0 fully saturated rings. The maximum absolute atomic E-state index is 4.72. The van der Waals surface area contributed by atoms with Crippen molar-refractivity contribution in [2.24, 2.45) is 0 Å². The van der Waals surface area contributed by atoms with Gasteiger partial charge in [-0.3, -0.25) is 4.98 Å². The van der Waals surface area contributed by atoms with Crippen molar-refractivity contribution in [1.82, 2.24) is 15.0 Å². The van der Waals surface area contributed by atoms with Gasteiger partial charge in [0.25, 0.3) is 0 Å². The van der Waals surface area contributed by atoms with Crippen LogP contribution in [0.15, 0.2) is 122 Å². The Morgan fingerprint density at radius 2 is 1.03 bits per heavy atom. The molecule has 0 spiro atoms. The average molecular weight is 561 g/mol. The van der Waals surface area contributed by atoms with Crippen LogP contribution in [0.4, 0.5) is 0 Å². The number of pyridine rings is 1. The molecule has 0 aliphatic rings. The lowest BCUT2D eigenvalue weighted by molar-refractivity contribution is 1.12. The minimum absolute atomic E-state index is 0.728. The Kier molecular flexibility index (Phi) is 5.80. The summed E-state index contributed by atoms with van der Waals surface area (Å²) in [5.41, 5.74) is 8.71. The monoisotopic (exact) mass is 561 g/mol. The topological polar surface area (TPSA) is 38.7 Å². The van der Waals surface area contributed by atoms with E-state index in [9.17, 15) is 0 Å². The third-order valence-electron chi connectivity index (χ3n) is 6.17. The van der Waals surface area contributed by atoms with E-state index in [-0.39, 0.29) is 0 Å². The Morgan fingerprint density at radius 3 is 1.71 bits per heavy atom. The summed E-state index contributed by atoms with van der Waals surface area (Å²) in [6.07, 6.45) is 3.63. The van der Waals surface area contributed by atoms with Gasteiger partial charge in [0.15, 0.2) is 3.83 Å². The highest BCUT2D eigenvalue weighted by Gasteiger charge is 2.09. The molecule has 0 saturated carbocycles. The van der Waals surface area contributed by atoms with Crippen LogP contribution in [0.25, 0.3) is 55.5 Å². The quantitative estimate of drug-likeness (QED) is 0.161. The zero-order valence-electron chi connectivity index (χ0n) is 18.8. The van der Waals surface area contributed by atoms with Gasteiger partial charge in [-0.05, 0) is 51.2 Å². The molecular weight excluding hydrogens is 541 g/mol. The fourth-order valence-electron chi connectivity index (χ4n) is 4.39. The Balaban J connectivity index is 1.33. The fourth-order valence-corrected chi connectivity index (χ4v) is 4.91. The van der Waals surface area contributed by atoms with Crippen LogP contribution in [0.2, 0.25) is 0 Å². The molecule has 0 radical (unpaired) electrons. The molecule has 0 saturated heterocycles. The maximum atomic E-state index is 4.72. The van der Waals surface area contributed by atoms with E-state index in [1.54, 1.807) is 0 Å². The summed E-state index contributed by atoms with van der Waals surface area (Å²) in [5, 5.41) is 2.51. The molecule has 0 bridgehead atoms. The molecule has 2 heterocycles. The van der Waals surface area contributed by atoms with Crippen molar-refractivity contribution in [2.45, 2.75) is 0 Å². The van der Waals surface area contributed by atoms with E-state index >= 15 is 0 Å². The summed E-state index contributed by atoms with van der Waals surface area (Å²) in [7, 11) is 0. The first-order chi connectivity index (χ1) is 17.2. The molecule has 0 amide bonds. The van der Waals surface area contributed by atoms with Gasteiger partial charge in [-0.1, -0.05) is 91.0 Å². The van der Waals surface area contributed by atoms with E-state index in [2.05, 4.69) is 125 Å². The molecule has 0 atom stereocenters. The second-order valence-electron chi connectivity index (χ2n) is 8.32. The van der Waals surface area contributed by atoms with Crippen LogP contribution in [-0.2, 0) is 0 Å². The average Bonchev–Trinajstić information content (AvgIpc) is 2.93. The number of rotatable bonds is 4. The first-order valence-corrected chi connectivity index (χ1v) is 12.5. The van der Waals surface area contributed by atoms with Crippen molar-refractivity contribution < 1.29 is 0 Å². The Hall–Kier alpha value is -3.90. The van der Waals surface area contributed by atoms with Gasteiger partial charge in [-0.25, -0.2) is 9.97 Å². The number of halogens is 1. The van der Waals surface area contributed by atoms with Gasteiger partial charge in [0.1, 0.15) is 0 Å². The molecule has 166 valence electrons. The van der Waals surface area contributed by atoms with E-state index in [0.29, 0.717) is 0 Å². The van der Waals surface area contributed by atoms with Crippen LogP contribution in [0.3, 0.4) is 0 Å². The van der Waals surface area contributed by atoms with E-state index in [1.165, 1.54) is 21.9 Å². The molecule has 4 heteroatoms. The highest BCUT2D eigenvalue weighted by atomic mass is 127. The van der Waals surface area contributed by atoms with Crippen molar-refractivity contribution in [3.8, 4) is 44.8 Å². The third kappa shape index (κ3) is 4.45. The van der Waals surface area contributed by atoms with Crippen molar-refractivity contribution in [3.63, 3.8) is 0 Å². The number of aromatic nitrogens is 3. The molecule has 0 aliphatic carbocycles. The minimum Gasteiger partial charge on any atom is -0.265 e. The van der Waals surface area contributed by atoms with Gasteiger partial charge in [-0.2, -0.15) is 0 Å². The molecule has 6 rings (SSSR count). The van der Waals surface area contributed by atoms with Gasteiger partial charge < -0.3 is 0 Å². The molecule has 0 N–H and O–H groups in total. The third-order valence-corrected chi connectivity index (χ3v) is 6.66. The predicted molar refractivity (Wildman–Crippen MR) is 152 cm³/mol. The first-order valence-electron chi connectivity index (χ1n) is 11.4. The molecule has 3 nitrogen and oxygen atoms in total.